The molecule has 2 aliphatic heterocycles. The monoisotopic (exact) mass is 324 g/mol. The second-order valence-corrected chi connectivity index (χ2v) is 5.97. The van der Waals surface area contributed by atoms with E-state index in [-0.39, 0.29) is 24.1 Å². The van der Waals surface area contributed by atoms with Gasteiger partial charge in [0.25, 0.3) is 0 Å². The highest BCUT2D eigenvalue weighted by Gasteiger charge is 2.47. The summed E-state index contributed by atoms with van der Waals surface area (Å²) in [5, 5.41) is 2.73. The maximum Gasteiger partial charge on any atom is 0.415 e. The maximum atomic E-state index is 12.2. The van der Waals surface area contributed by atoms with E-state index in [4.69, 9.17) is 4.74 Å². The molecule has 1 fully saturated rings. The second kappa shape index (κ2) is 5.59. The molecule has 3 heterocycles. The van der Waals surface area contributed by atoms with Gasteiger partial charge in [0.15, 0.2) is 0 Å². The minimum Gasteiger partial charge on any atom is -0.442 e. The lowest BCUT2D eigenvalue weighted by molar-refractivity contribution is -0.119. The van der Waals surface area contributed by atoms with E-state index in [2.05, 4.69) is 21.4 Å². The van der Waals surface area contributed by atoms with Crippen LogP contribution < -0.4 is 10.2 Å². The van der Waals surface area contributed by atoms with Crippen LogP contribution in [0.3, 0.4) is 0 Å². The van der Waals surface area contributed by atoms with Crippen LogP contribution in [-0.4, -0.2) is 40.7 Å². The van der Waals surface area contributed by atoms with E-state index in [9.17, 15) is 9.59 Å². The van der Waals surface area contributed by atoms with E-state index in [0.717, 1.165) is 22.4 Å². The average molecular weight is 324 g/mol. The van der Waals surface area contributed by atoms with Gasteiger partial charge in [-0.2, -0.15) is 0 Å². The van der Waals surface area contributed by atoms with Gasteiger partial charge in [0.05, 0.1) is 18.3 Å². The van der Waals surface area contributed by atoms with Crippen LogP contribution in [0.4, 0.5) is 10.5 Å². The second-order valence-electron chi connectivity index (χ2n) is 5.97. The Morgan fingerprint density at radius 3 is 2.88 bits per heavy atom. The third kappa shape index (κ3) is 2.38. The van der Waals surface area contributed by atoms with Gasteiger partial charge in [0.2, 0.25) is 5.91 Å². The van der Waals surface area contributed by atoms with Gasteiger partial charge in [-0.1, -0.05) is 6.07 Å². The van der Waals surface area contributed by atoms with Gasteiger partial charge in [0, 0.05) is 24.9 Å². The van der Waals surface area contributed by atoms with Crippen LogP contribution in [0.5, 0.6) is 0 Å². The molecule has 2 amide bonds. The molecule has 1 N–H and O–H groups in total. The van der Waals surface area contributed by atoms with Crippen molar-refractivity contribution in [2.75, 3.05) is 11.4 Å². The molecule has 0 aliphatic carbocycles. The quantitative estimate of drug-likeness (QED) is 0.925. The molecule has 2 aromatic rings. The number of benzene rings is 1. The fraction of sp³-hybridized carbons (Fsp3) is 0.294. The molecule has 2 atom stereocenters. The molecule has 0 radical (unpaired) electrons. The Labute approximate surface area is 138 Å². The molecule has 7 heteroatoms. The first-order chi connectivity index (χ1) is 11.6. The zero-order valence-electron chi connectivity index (χ0n) is 13.1. The number of aromatic nitrogens is 2. The van der Waals surface area contributed by atoms with Crippen molar-refractivity contribution in [2.45, 2.75) is 25.5 Å². The summed E-state index contributed by atoms with van der Waals surface area (Å²) in [6.07, 6.45) is 5.03. The predicted octanol–water partition coefficient (Wildman–Crippen LogP) is 1.53. The summed E-state index contributed by atoms with van der Waals surface area (Å²) in [7, 11) is 0. The van der Waals surface area contributed by atoms with Crippen LogP contribution in [0.25, 0.3) is 11.1 Å². The Balaban J connectivity index is 1.62. The minimum absolute atomic E-state index is 0.0818. The first-order valence-corrected chi connectivity index (χ1v) is 7.76. The van der Waals surface area contributed by atoms with E-state index in [1.54, 1.807) is 17.3 Å². The third-order valence-electron chi connectivity index (χ3n) is 4.42. The van der Waals surface area contributed by atoms with Crippen LogP contribution in [0.1, 0.15) is 12.5 Å². The number of ether oxygens (including phenoxy) is 1. The first kappa shape index (κ1) is 14.6. The Morgan fingerprint density at radius 2 is 2.12 bits per heavy atom. The summed E-state index contributed by atoms with van der Waals surface area (Å²) in [5.41, 5.74) is 3.91. The van der Waals surface area contributed by atoms with E-state index >= 15 is 0 Å². The van der Waals surface area contributed by atoms with Gasteiger partial charge >= 0.3 is 6.09 Å². The first-order valence-electron chi connectivity index (χ1n) is 7.76. The van der Waals surface area contributed by atoms with Crippen LogP contribution in [0.15, 0.2) is 36.9 Å². The fourth-order valence-electron chi connectivity index (χ4n) is 3.33. The van der Waals surface area contributed by atoms with Crippen molar-refractivity contribution < 1.29 is 14.3 Å². The van der Waals surface area contributed by atoms with Gasteiger partial charge in [-0.15, -0.1) is 0 Å². The molecule has 1 saturated heterocycles. The number of rotatable bonds is 3. The molecule has 0 saturated carbocycles. The van der Waals surface area contributed by atoms with E-state index in [1.807, 2.05) is 12.1 Å². The standard InChI is InChI=1S/C17H16N4O3/c1-10(22)20-8-16-15-5-12-4-11(13-6-18-9-19-7-13)2-3-14(12)21(15)17(23)24-16/h2-4,6-7,9,15-16H,5,8H2,1H3,(H,20,22)/t15-,16-/m0/s1. The smallest absolute Gasteiger partial charge is 0.415 e. The summed E-state index contributed by atoms with van der Waals surface area (Å²) < 4.78 is 5.40. The highest BCUT2D eigenvalue weighted by Crippen LogP contribution is 2.40. The van der Waals surface area contributed by atoms with Crippen molar-refractivity contribution in [1.82, 2.24) is 15.3 Å². The Morgan fingerprint density at radius 1 is 1.33 bits per heavy atom. The maximum absolute atomic E-state index is 12.2. The SMILES string of the molecule is CC(=O)NC[C@@H]1OC(=O)N2c3ccc(-c4cncnc4)cc3C[C@@H]12. The lowest BCUT2D eigenvalue weighted by Crippen LogP contribution is -2.40. The van der Waals surface area contributed by atoms with Crippen LogP contribution in [-0.2, 0) is 16.0 Å². The van der Waals surface area contributed by atoms with Crippen LogP contribution in [0, 0.1) is 0 Å². The number of anilines is 1. The highest BCUT2D eigenvalue weighted by atomic mass is 16.6. The summed E-state index contributed by atoms with van der Waals surface area (Å²) >= 11 is 0. The lowest BCUT2D eigenvalue weighted by atomic mass is 10.0. The molecule has 0 unspecified atom stereocenters. The summed E-state index contributed by atoms with van der Waals surface area (Å²) in [5.74, 6) is -0.133. The predicted molar refractivity (Wildman–Crippen MR) is 86.4 cm³/mol. The molecular formula is C17H16N4O3. The lowest BCUT2D eigenvalue weighted by Gasteiger charge is -2.16. The molecule has 122 valence electrons. The van der Waals surface area contributed by atoms with Crippen molar-refractivity contribution in [3.8, 4) is 11.1 Å². The number of nitrogens with zero attached hydrogens (tertiary/aromatic N) is 3. The van der Waals surface area contributed by atoms with Crippen LogP contribution >= 0.6 is 0 Å². The van der Waals surface area contributed by atoms with Crippen molar-refractivity contribution in [2.24, 2.45) is 0 Å². The molecule has 1 aromatic carbocycles. The Hall–Kier alpha value is -2.96. The molecule has 2 aliphatic rings. The Bertz CT molecular complexity index is 809. The molecule has 1 aromatic heterocycles. The van der Waals surface area contributed by atoms with Gasteiger partial charge in [-0.25, -0.2) is 14.8 Å². The zero-order valence-corrected chi connectivity index (χ0v) is 13.1. The van der Waals surface area contributed by atoms with E-state index in [0.29, 0.717) is 13.0 Å². The summed E-state index contributed by atoms with van der Waals surface area (Å²) in [4.78, 5) is 33.1. The van der Waals surface area contributed by atoms with Crippen molar-refractivity contribution >= 4 is 17.7 Å². The molecule has 0 bridgehead atoms. The van der Waals surface area contributed by atoms with Crippen molar-refractivity contribution in [3.05, 3.63) is 42.5 Å². The number of hydrogen-bond donors (Lipinski definition) is 1. The van der Waals surface area contributed by atoms with Gasteiger partial charge in [0.1, 0.15) is 12.4 Å². The number of carbonyl (C=O) groups is 2. The highest BCUT2D eigenvalue weighted by molar-refractivity contribution is 5.94. The number of nitrogens with one attached hydrogen (secondary N) is 1. The van der Waals surface area contributed by atoms with Gasteiger partial charge in [-0.05, 0) is 29.7 Å². The summed E-state index contributed by atoms with van der Waals surface area (Å²) in [6, 6.07) is 5.87. The van der Waals surface area contributed by atoms with Gasteiger partial charge in [-0.3, -0.25) is 9.69 Å². The third-order valence-corrected chi connectivity index (χ3v) is 4.42. The number of cyclic esters (lactones) is 1. The molecule has 4 rings (SSSR count). The molecular weight excluding hydrogens is 308 g/mol. The molecule has 7 nitrogen and oxygen atoms in total. The largest absolute Gasteiger partial charge is 0.442 e. The van der Waals surface area contributed by atoms with Crippen molar-refractivity contribution in [3.63, 3.8) is 0 Å². The number of amides is 2. The number of carbonyl (C=O) groups excluding carboxylic acids is 2. The topological polar surface area (TPSA) is 84.4 Å². The molecule has 24 heavy (non-hydrogen) atoms. The fourth-order valence-corrected chi connectivity index (χ4v) is 3.33. The Kier molecular flexibility index (Phi) is 3.41. The van der Waals surface area contributed by atoms with E-state index < -0.39 is 0 Å². The minimum atomic E-state index is -0.357. The zero-order chi connectivity index (χ0) is 16.7. The normalized spacial score (nSPS) is 21.2. The number of fused-ring (bicyclic) bond motifs is 3. The van der Waals surface area contributed by atoms with Crippen molar-refractivity contribution in [1.29, 1.82) is 0 Å². The summed E-state index contributed by atoms with van der Waals surface area (Å²) in [6.45, 7) is 1.78. The molecule has 0 spiro atoms. The number of hydrogen-bond acceptors (Lipinski definition) is 5. The van der Waals surface area contributed by atoms with Gasteiger partial charge < -0.3 is 10.1 Å². The van der Waals surface area contributed by atoms with E-state index in [1.165, 1.54) is 13.3 Å². The average Bonchev–Trinajstić information content (AvgIpc) is 3.11. The van der Waals surface area contributed by atoms with Crippen LogP contribution in [0.2, 0.25) is 0 Å².